The highest BCUT2D eigenvalue weighted by Crippen LogP contribution is 2.32. The van der Waals surface area contributed by atoms with E-state index in [4.69, 9.17) is 16.3 Å². The quantitative estimate of drug-likeness (QED) is 0.310. The first kappa shape index (κ1) is 31.0. The van der Waals surface area contributed by atoms with Crippen LogP contribution in [0.1, 0.15) is 31.4 Å². The molecule has 0 saturated heterocycles. The maximum Gasteiger partial charge on any atom is 0.264 e. The van der Waals surface area contributed by atoms with E-state index in [9.17, 15) is 18.0 Å². The van der Waals surface area contributed by atoms with Gasteiger partial charge in [-0.15, -0.1) is 0 Å². The Morgan fingerprint density at radius 3 is 2.30 bits per heavy atom. The molecule has 0 aliphatic rings. The van der Waals surface area contributed by atoms with Crippen LogP contribution in [0.2, 0.25) is 5.02 Å². The smallest absolute Gasteiger partial charge is 0.264 e. The van der Waals surface area contributed by atoms with Crippen molar-refractivity contribution in [1.82, 2.24) is 10.2 Å². The first-order valence-corrected chi connectivity index (χ1v) is 14.9. The van der Waals surface area contributed by atoms with Crippen LogP contribution in [0.25, 0.3) is 0 Å². The first-order chi connectivity index (χ1) is 19.1. The van der Waals surface area contributed by atoms with Crippen LogP contribution in [0.15, 0.2) is 77.7 Å². The van der Waals surface area contributed by atoms with Gasteiger partial charge in [0.05, 0.1) is 22.7 Å². The summed E-state index contributed by atoms with van der Waals surface area (Å²) < 4.78 is 34.0. The zero-order valence-corrected chi connectivity index (χ0v) is 24.8. The highest BCUT2D eigenvalue weighted by molar-refractivity contribution is 7.92. The largest absolute Gasteiger partial charge is 0.495 e. The molecule has 3 aromatic carbocycles. The predicted octanol–water partition coefficient (Wildman–Crippen LogP) is 4.84. The SMILES string of the molecule is CCCNC(=O)[C@@H](C)N(CCc1ccccc1)C(=O)CN(c1ccc(OC)c(Cl)c1)S(=O)(=O)c1ccc(C)cc1. The van der Waals surface area contributed by atoms with E-state index in [1.54, 1.807) is 25.1 Å². The number of nitrogens with one attached hydrogen (secondary N) is 1. The van der Waals surface area contributed by atoms with Crippen LogP contribution < -0.4 is 14.4 Å². The lowest BCUT2D eigenvalue weighted by molar-refractivity contribution is -0.138. The number of halogens is 1. The van der Waals surface area contributed by atoms with Crippen molar-refractivity contribution in [1.29, 1.82) is 0 Å². The fraction of sp³-hybridized carbons (Fsp3) is 0.333. The Hall–Kier alpha value is -3.56. The monoisotopic (exact) mass is 585 g/mol. The molecule has 0 aromatic heterocycles. The minimum absolute atomic E-state index is 0.0300. The molecule has 0 spiro atoms. The highest BCUT2D eigenvalue weighted by atomic mass is 35.5. The fourth-order valence-electron chi connectivity index (χ4n) is 4.14. The number of methoxy groups -OCH3 is 1. The summed E-state index contributed by atoms with van der Waals surface area (Å²) in [4.78, 5) is 28.3. The maximum absolute atomic E-state index is 13.9. The zero-order chi connectivity index (χ0) is 29.3. The van der Waals surface area contributed by atoms with Gasteiger partial charge in [-0.2, -0.15) is 0 Å². The lowest BCUT2D eigenvalue weighted by atomic mass is 10.1. The van der Waals surface area contributed by atoms with E-state index in [-0.39, 0.29) is 28.1 Å². The van der Waals surface area contributed by atoms with Gasteiger partial charge in [0.15, 0.2) is 0 Å². The second kappa shape index (κ2) is 14.2. The molecule has 0 fully saturated rings. The van der Waals surface area contributed by atoms with Crippen molar-refractivity contribution in [3.8, 4) is 5.75 Å². The third kappa shape index (κ3) is 7.76. The number of carbonyl (C=O) groups excluding carboxylic acids is 2. The molecular weight excluding hydrogens is 550 g/mol. The molecule has 1 N–H and O–H groups in total. The number of hydrogen-bond donors (Lipinski definition) is 1. The van der Waals surface area contributed by atoms with Gasteiger partial charge in [0.1, 0.15) is 18.3 Å². The van der Waals surface area contributed by atoms with Crippen molar-refractivity contribution < 1.29 is 22.7 Å². The van der Waals surface area contributed by atoms with Crippen LogP contribution in [-0.2, 0) is 26.0 Å². The molecule has 0 aliphatic carbocycles. The van der Waals surface area contributed by atoms with Crippen molar-refractivity contribution in [2.24, 2.45) is 0 Å². The summed E-state index contributed by atoms with van der Waals surface area (Å²) in [6.45, 7) is 5.62. The summed E-state index contributed by atoms with van der Waals surface area (Å²) in [5.74, 6) is -0.448. The molecule has 0 unspecified atom stereocenters. The number of ether oxygens (including phenoxy) is 1. The molecule has 10 heteroatoms. The summed E-state index contributed by atoms with van der Waals surface area (Å²) >= 11 is 6.35. The van der Waals surface area contributed by atoms with Gasteiger partial charge >= 0.3 is 0 Å². The molecule has 0 aliphatic heterocycles. The summed E-state index contributed by atoms with van der Waals surface area (Å²) in [5.41, 5.74) is 2.09. The molecule has 0 heterocycles. The summed E-state index contributed by atoms with van der Waals surface area (Å²) in [5, 5.41) is 3.03. The van der Waals surface area contributed by atoms with E-state index in [0.29, 0.717) is 18.7 Å². The number of sulfonamides is 1. The Balaban J connectivity index is 2.00. The molecule has 0 bridgehead atoms. The van der Waals surface area contributed by atoms with Gasteiger partial charge in [-0.3, -0.25) is 13.9 Å². The van der Waals surface area contributed by atoms with E-state index in [2.05, 4.69) is 5.32 Å². The van der Waals surface area contributed by atoms with Crippen LogP contribution in [0.3, 0.4) is 0 Å². The molecule has 214 valence electrons. The minimum Gasteiger partial charge on any atom is -0.495 e. The number of carbonyl (C=O) groups is 2. The summed E-state index contributed by atoms with van der Waals surface area (Å²) in [6.07, 6.45) is 1.24. The van der Waals surface area contributed by atoms with Crippen LogP contribution in [0.4, 0.5) is 5.69 Å². The van der Waals surface area contributed by atoms with Crippen LogP contribution in [0.5, 0.6) is 5.75 Å². The summed E-state index contributed by atoms with van der Waals surface area (Å²) in [6, 6.07) is 19.7. The third-order valence-electron chi connectivity index (χ3n) is 6.51. The zero-order valence-electron chi connectivity index (χ0n) is 23.3. The number of hydrogen-bond acceptors (Lipinski definition) is 5. The first-order valence-electron chi connectivity index (χ1n) is 13.1. The van der Waals surface area contributed by atoms with E-state index in [0.717, 1.165) is 21.9 Å². The molecule has 40 heavy (non-hydrogen) atoms. The Morgan fingerprint density at radius 1 is 1.02 bits per heavy atom. The fourth-order valence-corrected chi connectivity index (χ4v) is 5.80. The summed E-state index contributed by atoms with van der Waals surface area (Å²) in [7, 11) is -2.72. The Morgan fingerprint density at radius 2 is 1.70 bits per heavy atom. The van der Waals surface area contributed by atoms with Crippen molar-refractivity contribution in [3.05, 3.63) is 88.9 Å². The molecule has 1 atom stereocenters. The molecule has 0 radical (unpaired) electrons. The van der Waals surface area contributed by atoms with Crippen LogP contribution >= 0.6 is 11.6 Å². The topological polar surface area (TPSA) is 96.0 Å². The van der Waals surface area contributed by atoms with Gasteiger partial charge in [0, 0.05) is 13.1 Å². The number of anilines is 1. The van der Waals surface area contributed by atoms with E-state index in [1.807, 2.05) is 44.2 Å². The number of rotatable bonds is 13. The molecule has 8 nitrogen and oxygen atoms in total. The van der Waals surface area contributed by atoms with Gasteiger partial charge in [-0.1, -0.05) is 66.6 Å². The third-order valence-corrected chi connectivity index (χ3v) is 8.60. The standard InChI is InChI=1S/C30H36ClN3O5S/c1-5-18-32-30(36)23(3)33(19-17-24-9-7-6-8-10-24)29(35)21-34(25-13-16-28(39-4)27(31)20-25)40(37,38)26-14-11-22(2)12-15-26/h6-16,20,23H,5,17-19,21H2,1-4H3,(H,32,36)/t23-/m1/s1. The van der Waals surface area contributed by atoms with E-state index in [1.165, 1.54) is 36.3 Å². The van der Waals surface area contributed by atoms with Crippen molar-refractivity contribution in [2.45, 2.75) is 44.6 Å². The average Bonchev–Trinajstić information content (AvgIpc) is 2.95. The molecule has 3 aromatic rings. The lowest BCUT2D eigenvalue weighted by Crippen LogP contribution is -2.52. The lowest BCUT2D eigenvalue weighted by Gasteiger charge is -2.32. The van der Waals surface area contributed by atoms with Crippen molar-refractivity contribution >= 4 is 39.1 Å². The van der Waals surface area contributed by atoms with Gasteiger partial charge in [-0.05, 0) is 62.6 Å². The Kier molecular flexibility index (Phi) is 11.0. The van der Waals surface area contributed by atoms with Gasteiger partial charge < -0.3 is 15.0 Å². The van der Waals surface area contributed by atoms with Crippen molar-refractivity contribution in [2.75, 3.05) is 31.0 Å². The van der Waals surface area contributed by atoms with E-state index < -0.39 is 28.5 Å². The molecular formula is C30H36ClN3O5S. The average molecular weight is 586 g/mol. The Bertz CT molecular complexity index is 1400. The number of aryl methyl sites for hydroxylation is 1. The van der Waals surface area contributed by atoms with E-state index >= 15 is 0 Å². The van der Waals surface area contributed by atoms with Gasteiger partial charge in [-0.25, -0.2) is 8.42 Å². The van der Waals surface area contributed by atoms with Gasteiger partial charge in [0.2, 0.25) is 11.8 Å². The number of amides is 2. The van der Waals surface area contributed by atoms with Crippen molar-refractivity contribution in [3.63, 3.8) is 0 Å². The minimum atomic E-state index is -4.18. The Labute approximate surface area is 241 Å². The van der Waals surface area contributed by atoms with Crippen LogP contribution in [0, 0.1) is 6.92 Å². The normalized spacial score (nSPS) is 11.9. The molecule has 3 rings (SSSR count). The highest BCUT2D eigenvalue weighted by Gasteiger charge is 2.32. The van der Waals surface area contributed by atoms with Gasteiger partial charge in [0.25, 0.3) is 10.0 Å². The molecule has 0 saturated carbocycles. The molecule has 2 amide bonds. The second-order valence-corrected chi connectivity index (χ2v) is 11.7. The number of benzene rings is 3. The predicted molar refractivity (Wildman–Crippen MR) is 158 cm³/mol. The maximum atomic E-state index is 13.9. The number of nitrogens with zero attached hydrogens (tertiary/aromatic N) is 2. The second-order valence-electron chi connectivity index (χ2n) is 9.43. The van der Waals surface area contributed by atoms with Crippen LogP contribution in [-0.4, -0.2) is 57.9 Å².